The summed E-state index contributed by atoms with van der Waals surface area (Å²) in [5.41, 5.74) is 3.44. The summed E-state index contributed by atoms with van der Waals surface area (Å²) in [5, 5.41) is 21.2. The average molecular weight is 516 g/mol. The number of aryl methyl sites for hydroxylation is 1. The van der Waals surface area contributed by atoms with Crippen LogP contribution >= 0.6 is 0 Å². The van der Waals surface area contributed by atoms with Crippen LogP contribution in [-0.4, -0.2) is 44.9 Å². The number of rotatable bonds is 7. The fraction of sp³-hybridized carbons (Fsp3) is 0.250. The van der Waals surface area contributed by atoms with E-state index in [1.807, 2.05) is 24.3 Å². The van der Waals surface area contributed by atoms with Crippen LogP contribution in [0.4, 0.5) is 15.8 Å². The number of nitro benzene ring substituents is 1. The van der Waals surface area contributed by atoms with Crippen LogP contribution < -0.4 is 5.32 Å². The number of benzene rings is 3. The number of aromatic amines is 1. The zero-order valence-corrected chi connectivity index (χ0v) is 20.5. The molecule has 9 nitrogen and oxygen atoms in total. The van der Waals surface area contributed by atoms with E-state index in [1.165, 1.54) is 24.3 Å². The van der Waals surface area contributed by atoms with E-state index in [4.69, 9.17) is 0 Å². The molecule has 1 aliphatic rings. The lowest BCUT2D eigenvalue weighted by molar-refractivity contribution is -0.384. The molecule has 0 spiro atoms. The second kappa shape index (κ2) is 10.8. The van der Waals surface area contributed by atoms with Crippen molar-refractivity contribution in [2.75, 3.05) is 18.4 Å². The molecular formula is C28H26FN5O4. The molecule has 0 radical (unpaired) electrons. The lowest BCUT2D eigenvalue weighted by atomic mass is 9.89. The number of non-ortho nitro benzene ring substituents is 1. The van der Waals surface area contributed by atoms with Crippen molar-refractivity contribution in [1.82, 2.24) is 15.1 Å². The van der Waals surface area contributed by atoms with Crippen molar-refractivity contribution in [2.45, 2.75) is 31.6 Å². The molecule has 0 aliphatic carbocycles. The molecule has 5 rings (SSSR count). The molecule has 0 bridgehead atoms. The Hall–Kier alpha value is -4.60. The van der Waals surface area contributed by atoms with Gasteiger partial charge in [-0.25, -0.2) is 4.39 Å². The summed E-state index contributed by atoms with van der Waals surface area (Å²) in [6.45, 7) is 1.15. The van der Waals surface area contributed by atoms with Gasteiger partial charge in [-0.3, -0.25) is 24.8 Å². The molecule has 4 aromatic rings. The summed E-state index contributed by atoms with van der Waals surface area (Å²) in [5.74, 6) is -0.495. The Morgan fingerprint density at radius 1 is 1.08 bits per heavy atom. The summed E-state index contributed by atoms with van der Waals surface area (Å²) in [6, 6.07) is 18.2. The van der Waals surface area contributed by atoms with E-state index >= 15 is 0 Å². The topological polar surface area (TPSA) is 121 Å². The maximum atomic E-state index is 13.7. The van der Waals surface area contributed by atoms with Gasteiger partial charge < -0.3 is 10.2 Å². The van der Waals surface area contributed by atoms with Crippen molar-refractivity contribution >= 4 is 34.1 Å². The van der Waals surface area contributed by atoms with Gasteiger partial charge in [0.2, 0.25) is 5.91 Å². The molecule has 3 aromatic carbocycles. The highest BCUT2D eigenvalue weighted by molar-refractivity contribution is 6.04. The van der Waals surface area contributed by atoms with Crippen LogP contribution in [0.3, 0.4) is 0 Å². The maximum absolute atomic E-state index is 13.7. The fourth-order valence-electron chi connectivity index (χ4n) is 4.86. The van der Waals surface area contributed by atoms with Gasteiger partial charge in [0.1, 0.15) is 5.82 Å². The molecule has 2 heterocycles. The number of hydrogen-bond acceptors (Lipinski definition) is 5. The van der Waals surface area contributed by atoms with Gasteiger partial charge >= 0.3 is 0 Å². The van der Waals surface area contributed by atoms with E-state index in [9.17, 15) is 24.1 Å². The molecule has 0 atom stereocenters. The molecule has 1 aliphatic heterocycles. The van der Waals surface area contributed by atoms with Crippen LogP contribution in [-0.2, 0) is 11.2 Å². The Morgan fingerprint density at radius 3 is 2.58 bits per heavy atom. The van der Waals surface area contributed by atoms with Crippen LogP contribution in [0.15, 0.2) is 66.7 Å². The van der Waals surface area contributed by atoms with Gasteiger partial charge in [-0.15, -0.1) is 0 Å². The van der Waals surface area contributed by atoms with Crippen molar-refractivity contribution in [1.29, 1.82) is 0 Å². The number of aromatic nitrogens is 2. The van der Waals surface area contributed by atoms with E-state index in [-0.39, 0.29) is 35.5 Å². The van der Waals surface area contributed by atoms with Crippen LogP contribution in [0.1, 0.15) is 46.8 Å². The number of carbonyl (C=O) groups excluding carboxylic acids is 2. The molecule has 2 N–H and O–H groups in total. The largest absolute Gasteiger partial charge is 0.337 e. The zero-order chi connectivity index (χ0) is 26.6. The average Bonchev–Trinajstić information content (AvgIpc) is 3.35. The SMILES string of the molecule is O=C(CCc1cccc([N+](=O)[O-])c1)Nc1ccc(C2CCN(C(=O)c3n[nH]c4ccc(F)cc34)CC2)cc1. The Bertz CT molecular complexity index is 1490. The molecule has 1 aromatic heterocycles. The minimum Gasteiger partial charge on any atom is -0.337 e. The Morgan fingerprint density at radius 2 is 1.84 bits per heavy atom. The number of halogens is 1. The van der Waals surface area contributed by atoms with Crippen molar-refractivity contribution in [3.05, 3.63) is 99.5 Å². The van der Waals surface area contributed by atoms with E-state index in [0.29, 0.717) is 36.1 Å². The zero-order valence-electron chi connectivity index (χ0n) is 20.5. The number of nitrogens with zero attached hydrogens (tertiary/aromatic N) is 3. The molecular weight excluding hydrogens is 489 g/mol. The van der Waals surface area contributed by atoms with Gasteiger partial charge in [0.15, 0.2) is 5.69 Å². The number of fused-ring (bicyclic) bond motifs is 1. The van der Waals surface area contributed by atoms with E-state index < -0.39 is 10.7 Å². The number of hydrogen-bond donors (Lipinski definition) is 2. The van der Waals surface area contributed by atoms with Crippen molar-refractivity contribution in [3.63, 3.8) is 0 Å². The van der Waals surface area contributed by atoms with E-state index in [0.717, 1.165) is 24.0 Å². The third-order valence-corrected chi connectivity index (χ3v) is 6.94. The number of H-pyrrole nitrogens is 1. The first-order chi connectivity index (χ1) is 18.4. The number of nitrogens with one attached hydrogen (secondary N) is 2. The lowest BCUT2D eigenvalue weighted by Gasteiger charge is -2.32. The Labute approximate surface area is 217 Å². The first-order valence-electron chi connectivity index (χ1n) is 12.4. The van der Waals surface area contributed by atoms with Crippen LogP contribution in [0, 0.1) is 15.9 Å². The highest BCUT2D eigenvalue weighted by Gasteiger charge is 2.27. The highest BCUT2D eigenvalue weighted by Crippen LogP contribution is 2.30. The minimum atomic E-state index is -0.448. The molecule has 2 amide bonds. The van der Waals surface area contributed by atoms with Crippen LogP contribution in [0.5, 0.6) is 0 Å². The molecule has 0 unspecified atom stereocenters. The van der Waals surface area contributed by atoms with Crippen molar-refractivity contribution in [3.8, 4) is 0 Å². The van der Waals surface area contributed by atoms with E-state index in [2.05, 4.69) is 15.5 Å². The molecule has 1 saturated heterocycles. The molecule has 0 saturated carbocycles. The Kier molecular flexibility index (Phi) is 7.12. The molecule has 38 heavy (non-hydrogen) atoms. The van der Waals surface area contributed by atoms with Crippen molar-refractivity contribution in [2.24, 2.45) is 0 Å². The number of likely N-dealkylation sites (tertiary alicyclic amines) is 1. The predicted molar refractivity (Wildman–Crippen MR) is 140 cm³/mol. The summed E-state index contributed by atoms with van der Waals surface area (Å²) >= 11 is 0. The van der Waals surface area contributed by atoms with E-state index in [1.54, 1.807) is 23.1 Å². The number of anilines is 1. The first kappa shape index (κ1) is 25.1. The lowest BCUT2D eigenvalue weighted by Crippen LogP contribution is -2.38. The van der Waals surface area contributed by atoms with Gasteiger partial charge in [-0.1, -0.05) is 24.3 Å². The quantitative estimate of drug-likeness (QED) is 0.259. The monoisotopic (exact) mass is 515 g/mol. The first-order valence-corrected chi connectivity index (χ1v) is 12.4. The third-order valence-electron chi connectivity index (χ3n) is 6.94. The van der Waals surface area contributed by atoms with Gasteiger partial charge in [0.05, 0.1) is 10.4 Å². The molecule has 10 heteroatoms. The van der Waals surface area contributed by atoms with Gasteiger partial charge in [0, 0.05) is 42.7 Å². The summed E-state index contributed by atoms with van der Waals surface area (Å²) in [4.78, 5) is 37.6. The summed E-state index contributed by atoms with van der Waals surface area (Å²) in [6.07, 6.45) is 2.20. The molecule has 194 valence electrons. The summed E-state index contributed by atoms with van der Waals surface area (Å²) < 4.78 is 13.7. The third kappa shape index (κ3) is 5.54. The maximum Gasteiger partial charge on any atom is 0.274 e. The number of amides is 2. The Balaban J connectivity index is 1.13. The predicted octanol–water partition coefficient (Wildman–Crippen LogP) is 5.20. The van der Waals surface area contributed by atoms with Crippen molar-refractivity contribution < 1.29 is 18.9 Å². The smallest absolute Gasteiger partial charge is 0.274 e. The van der Waals surface area contributed by atoms with Gasteiger partial charge in [0.25, 0.3) is 11.6 Å². The number of carbonyl (C=O) groups is 2. The molecule has 1 fully saturated rings. The fourth-order valence-corrected chi connectivity index (χ4v) is 4.86. The van der Waals surface area contributed by atoms with Crippen LogP contribution in [0.25, 0.3) is 10.9 Å². The standard InChI is InChI=1S/C28H26FN5O4/c29-21-7-10-25-24(17-21)27(32-31-25)28(36)33-14-12-20(13-15-33)19-5-8-22(9-6-19)30-26(35)11-4-18-2-1-3-23(16-18)34(37)38/h1-3,5-10,16-17,20H,4,11-15H2,(H,30,35)(H,31,32). The summed E-state index contributed by atoms with van der Waals surface area (Å²) in [7, 11) is 0. The normalized spacial score (nSPS) is 14.0. The van der Waals surface area contributed by atoms with Crippen LogP contribution in [0.2, 0.25) is 0 Å². The second-order valence-corrected chi connectivity index (χ2v) is 9.43. The minimum absolute atomic E-state index is 0.0127. The highest BCUT2D eigenvalue weighted by atomic mass is 19.1. The van der Waals surface area contributed by atoms with Gasteiger partial charge in [-0.2, -0.15) is 5.10 Å². The number of nitro groups is 1. The van der Waals surface area contributed by atoms with Gasteiger partial charge in [-0.05, 0) is 66.6 Å². The number of piperidine rings is 1. The second-order valence-electron chi connectivity index (χ2n) is 9.43.